The minimum Gasteiger partial charge on any atom is -0.507 e. The number of allylic oxidation sites excluding steroid dienone is 1. The number of benzene rings is 1. The number of aldehydes is 1. The maximum absolute atomic E-state index is 11.2. The van der Waals surface area contributed by atoms with Gasteiger partial charge in [-0.05, 0) is 157 Å². The van der Waals surface area contributed by atoms with Crippen molar-refractivity contribution >= 4 is 35.4 Å². The van der Waals surface area contributed by atoms with Crippen molar-refractivity contribution in [2.45, 2.75) is 106 Å². The molecule has 4 aromatic rings. The van der Waals surface area contributed by atoms with Crippen molar-refractivity contribution < 1.29 is 24.9 Å². The second-order valence-corrected chi connectivity index (χ2v) is 16.0. The van der Waals surface area contributed by atoms with Gasteiger partial charge in [0.2, 0.25) is 0 Å². The second kappa shape index (κ2) is 24.0. The van der Waals surface area contributed by atoms with Gasteiger partial charge in [-0.25, -0.2) is 0 Å². The highest BCUT2D eigenvalue weighted by atomic mass is 35.5. The molecule has 0 saturated heterocycles. The lowest BCUT2D eigenvalue weighted by Gasteiger charge is -2.29. The molecule has 4 N–H and O–H groups in total. The van der Waals surface area contributed by atoms with E-state index in [0.717, 1.165) is 68.8 Å². The van der Waals surface area contributed by atoms with Crippen LogP contribution in [0.5, 0.6) is 11.5 Å². The molecule has 2 aliphatic heterocycles. The third-order valence-corrected chi connectivity index (χ3v) is 10.9. The van der Waals surface area contributed by atoms with Crippen LogP contribution in [0.4, 0.5) is 0 Å². The quantitative estimate of drug-likeness (QED) is 0.103. The number of aromatic hydroxyl groups is 1. The summed E-state index contributed by atoms with van der Waals surface area (Å²) in [4.78, 5) is 13.5. The van der Waals surface area contributed by atoms with Gasteiger partial charge in [0.15, 0.2) is 6.29 Å². The zero-order valence-electron chi connectivity index (χ0n) is 35.9. The number of aliphatic hydroxyl groups is 2. The molecule has 13 nitrogen and oxygen atoms in total. The van der Waals surface area contributed by atoms with Gasteiger partial charge in [-0.2, -0.15) is 15.3 Å². The van der Waals surface area contributed by atoms with Gasteiger partial charge in [-0.3, -0.25) is 18.8 Å². The maximum atomic E-state index is 11.2. The molecule has 5 heterocycles. The molecule has 0 saturated carbocycles. The van der Waals surface area contributed by atoms with Crippen LogP contribution in [0.15, 0.2) is 71.7 Å². The first-order valence-electron chi connectivity index (χ1n) is 20.7. The van der Waals surface area contributed by atoms with Gasteiger partial charge >= 0.3 is 0 Å². The fourth-order valence-electron chi connectivity index (χ4n) is 7.82. The average molecular weight is 850 g/mol. The smallest absolute Gasteiger partial charge is 0.157 e. The molecule has 0 amide bonds. The van der Waals surface area contributed by atoms with Crippen molar-refractivity contribution in [3.63, 3.8) is 0 Å². The number of hydrogen-bond donors (Lipinski definition) is 4. The molecule has 330 valence electrons. The summed E-state index contributed by atoms with van der Waals surface area (Å²) in [5.41, 5.74) is 10.9. The fraction of sp³-hybridized carbons (Fsp3) is 0.522. The highest BCUT2D eigenvalue weighted by Crippen LogP contribution is 2.33. The number of nitrogens with one attached hydrogen (secondary N) is 1. The number of likely N-dealkylation sites (N-methyl/N-ethyl adjacent to an activating group) is 1. The van der Waals surface area contributed by atoms with Gasteiger partial charge in [0.1, 0.15) is 18.1 Å². The highest BCUT2D eigenvalue weighted by molar-refractivity contribution is 5.85. The molecule has 0 spiro atoms. The summed E-state index contributed by atoms with van der Waals surface area (Å²) in [7, 11) is 2.10. The van der Waals surface area contributed by atoms with Crippen LogP contribution in [0, 0.1) is 0 Å². The molecule has 0 fully saturated rings. The van der Waals surface area contributed by atoms with E-state index >= 15 is 0 Å². The number of carbonyl (C=O) groups excluding carboxylic acids is 1. The number of phenolic OH excluding ortho intramolecular Hbond substituents is 1. The van der Waals surface area contributed by atoms with E-state index in [-0.39, 0.29) is 50.4 Å². The molecule has 1 aromatic carbocycles. The summed E-state index contributed by atoms with van der Waals surface area (Å²) < 4.78 is 12.0. The van der Waals surface area contributed by atoms with Crippen LogP contribution in [-0.2, 0) is 0 Å². The summed E-state index contributed by atoms with van der Waals surface area (Å²) in [6, 6.07) is 12.0. The van der Waals surface area contributed by atoms with Crippen molar-refractivity contribution in [1.82, 2.24) is 39.6 Å². The van der Waals surface area contributed by atoms with Crippen LogP contribution in [0.3, 0.4) is 0 Å². The van der Waals surface area contributed by atoms with Gasteiger partial charge in [0.25, 0.3) is 0 Å². The van der Waals surface area contributed by atoms with Crippen molar-refractivity contribution in [2.24, 2.45) is 0 Å². The minimum atomic E-state index is -0.0621. The summed E-state index contributed by atoms with van der Waals surface area (Å²) in [6.07, 6.45) is 12.5. The number of nitrogens with zero attached hydrogens (tertiary/aromatic N) is 7. The molecule has 60 heavy (non-hydrogen) atoms. The van der Waals surface area contributed by atoms with Crippen LogP contribution in [0.2, 0.25) is 0 Å². The molecule has 0 bridgehead atoms. The van der Waals surface area contributed by atoms with Gasteiger partial charge in [0.05, 0.1) is 35.9 Å². The molecule has 0 unspecified atom stereocenters. The normalized spacial score (nSPS) is 15.9. The van der Waals surface area contributed by atoms with Gasteiger partial charge < -0.3 is 30.3 Å². The van der Waals surface area contributed by atoms with Crippen LogP contribution in [0.25, 0.3) is 16.7 Å². The second-order valence-electron chi connectivity index (χ2n) is 16.0. The Kier molecular flexibility index (Phi) is 20.0. The van der Waals surface area contributed by atoms with E-state index < -0.39 is 0 Å². The van der Waals surface area contributed by atoms with Crippen LogP contribution in [-0.4, -0.2) is 109 Å². The predicted molar refractivity (Wildman–Crippen MR) is 244 cm³/mol. The fourth-order valence-corrected chi connectivity index (χ4v) is 7.82. The van der Waals surface area contributed by atoms with Crippen molar-refractivity contribution in [3.8, 4) is 11.5 Å². The van der Waals surface area contributed by atoms with Gasteiger partial charge in [0, 0.05) is 56.4 Å². The number of aromatic nitrogens is 6. The summed E-state index contributed by atoms with van der Waals surface area (Å²) in [6.45, 7) is 17.0. The molecule has 1 aliphatic carbocycles. The number of hydrogen-bond acceptors (Lipinski definition) is 10. The highest BCUT2D eigenvalue weighted by Gasteiger charge is 2.23. The molecule has 7 rings (SSSR count). The first kappa shape index (κ1) is 49.8. The molecule has 3 aliphatic rings. The first-order chi connectivity index (χ1) is 28.0. The van der Waals surface area contributed by atoms with E-state index in [2.05, 4.69) is 84.9 Å². The van der Waals surface area contributed by atoms with E-state index in [1.807, 2.05) is 40.1 Å². The Morgan fingerprint density at radius 2 is 1.27 bits per heavy atom. The largest absolute Gasteiger partial charge is 0.507 e. The van der Waals surface area contributed by atoms with Gasteiger partial charge in [-0.1, -0.05) is 13.5 Å². The van der Waals surface area contributed by atoms with E-state index in [1.54, 1.807) is 12.1 Å². The number of ether oxygens (including phenoxy) is 1. The van der Waals surface area contributed by atoms with Gasteiger partial charge in [-0.15, -0.1) is 12.4 Å². The Bertz CT molecular complexity index is 1980. The summed E-state index contributed by atoms with van der Waals surface area (Å²) in [5, 5.41) is 45.1. The standard InChI is InChI=1S/C20H25N3O3.C13H20N2O.C12H19N3O.CH4.ClH/c1-14(2)23-18(7-9-21-23)16-11-22(3)10-8-15(16)13-26-20-6-4-5-19(25)17(20)12-24;1-10(2)15-13(7-8-14-15)12-6-4-3-5-11(12)9-16;1-9(2)15-12(4-6-14-15)11-7-13-5-3-10(11)8-16;;/h4-7,9,12,14,25H,8,10-11,13H2,1-3H3;7-8,10,16H,3-6,9H2,1-2H3;4,6,9,13,16H,3,5,7-8H2,1-2H3;1H4;1H. The lowest BCUT2D eigenvalue weighted by molar-refractivity contribution is 0.111. The Morgan fingerprint density at radius 3 is 1.82 bits per heavy atom. The molecule has 3 aromatic heterocycles. The topological polar surface area (TPSA) is 156 Å². The third-order valence-electron chi connectivity index (χ3n) is 10.9. The lowest BCUT2D eigenvalue weighted by Crippen LogP contribution is -2.30. The SMILES string of the molecule is C.CC(C)n1nccc1C1=C(CO)CCCC1.CC(C)n1nccc1C1=C(CO)CCNC1.CC(C)n1nccc1C1=C(COc2cccc(O)c2C=O)CCN(C)C1.Cl. The van der Waals surface area contributed by atoms with Crippen molar-refractivity contribution in [3.05, 3.63) is 94.4 Å². The van der Waals surface area contributed by atoms with Crippen molar-refractivity contribution in [2.75, 3.05) is 53.0 Å². The van der Waals surface area contributed by atoms with E-state index in [0.29, 0.717) is 30.7 Å². The van der Waals surface area contributed by atoms with E-state index in [9.17, 15) is 20.1 Å². The van der Waals surface area contributed by atoms with E-state index in [1.165, 1.54) is 52.5 Å². The van der Waals surface area contributed by atoms with Crippen LogP contribution < -0.4 is 10.1 Å². The zero-order valence-corrected chi connectivity index (χ0v) is 36.7. The average Bonchev–Trinajstić information content (AvgIpc) is 4.03. The molecule has 14 heteroatoms. The Balaban J connectivity index is 0.000000247. The Hall–Kier alpha value is -4.53. The zero-order chi connectivity index (χ0) is 41.8. The third kappa shape index (κ3) is 12.3. The van der Waals surface area contributed by atoms with Crippen molar-refractivity contribution in [1.29, 1.82) is 0 Å². The number of phenols is 1. The Morgan fingerprint density at radius 1 is 0.733 bits per heavy atom. The van der Waals surface area contributed by atoms with Crippen LogP contribution in [0.1, 0.15) is 133 Å². The monoisotopic (exact) mass is 849 g/mol. The predicted octanol–water partition coefficient (Wildman–Crippen LogP) is 8.20. The maximum Gasteiger partial charge on any atom is 0.157 e. The van der Waals surface area contributed by atoms with Crippen LogP contribution >= 0.6 is 12.4 Å². The first-order valence-corrected chi connectivity index (χ1v) is 20.7. The summed E-state index contributed by atoms with van der Waals surface area (Å²) >= 11 is 0. The molecular weight excluding hydrogens is 780 g/mol. The molecule has 0 atom stereocenters. The number of halogens is 1. The molecular formula is C46H69ClN8O5. The number of carbonyl (C=O) groups is 1. The minimum absolute atomic E-state index is 0. The Labute approximate surface area is 363 Å². The summed E-state index contributed by atoms with van der Waals surface area (Å²) in [5.74, 6) is 0.344. The number of aliphatic hydroxyl groups excluding tert-OH is 2. The number of rotatable bonds is 12. The van der Waals surface area contributed by atoms with E-state index in [4.69, 9.17) is 4.74 Å². The lowest BCUT2D eigenvalue weighted by atomic mass is 9.90. The molecule has 0 radical (unpaired) electrons.